The maximum atomic E-state index is 11.7. The molecule has 1 rings (SSSR count). The van der Waals surface area contributed by atoms with Crippen LogP contribution in [0.1, 0.15) is 12.0 Å². The lowest BCUT2D eigenvalue weighted by atomic mass is 10.2. The molecule has 1 atom stereocenters. The van der Waals surface area contributed by atoms with Crippen molar-refractivity contribution in [3.63, 3.8) is 0 Å². The summed E-state index contributed by atoms with van der Waals surface area (Å²) in [6, 6.07) is 7.57. The van der Waals surface area contributed by atoms with Crippen molar-refractivity contribution in [3.8, 4) is 5.75 Å². The van der Waals surface area contributed by atoms with E-state index >= 15 is 0 Å². The lowest BCUT2D eigenvalue weighted by Gasteiger charge is -2.12. The lowest BCUT2D eigenvalue weighted by Crippen LogP contribution is -2.31. The van der Waals surface area contributed by atoms with E-state index in [9.17, 15) is 4.79 Å². The van der Waals surface area contributed by atoms with Gasteiger partial charge in [-0.05, 0) is 17.7 Å². The largest absolute Gasteiger partial charge is 0.491 e. The van der Waals surface area contributed by atoms with Crippen molar-refractivity contribution in [1.82, 2.24) is 5.32 Å². The third kappa shape index (κ3) is 7.08. The van der Waals surface area contributed by atoms with Gasteiger partial charge in [-0.15, -0.1) is 0 Å². The second-order valence-electron chi connectivity index (χ2n) is 4.56. The van der Waals surface area contributed by atoms with Crippen LogP contribution in [0.5, 0.6) is 5.75 Å². The number of methoxy groups -OCH3 is 2. The molecule has 1 unspecified atom stereocenters. The van der Waals surface area contributed by atoms with Gasteiger partial charge in [0, 0.05) is 27.3 Å². The average molecular weight is 296 g/mol. The van der Waals surface area contributed by atoms with Gasteiger partial charge >= 0.3 is 0 Å². The number of carbonyl (C=O) groups excluding carboxylic acids is 1. The van der Waals surface area contributed by atoms with E-state index in [0.717, 1.165) is 11.3 Å². The van der Waals surface area contributed by atoms with E-state index in [0.29, 0.717) is 26.3 Å². The molecule has 0 saturated heterocycles. The van der Waals surface area contributed by atoms with Crippen molar-refractivity contribution < 1.29 is 19.0 Å². The lowest BCUT2D eigenvalue weighted by molar-refractivity contribution is -0.123. The second-order valence-corrected chi connectivity index (χ2v) is 4.56. The predicted molar refractivity (Wildman–Crippen MR) is 80.1 cm³/mol. The van der Waals surface area contributed by atoms with Gasteiger partial charge in [0.1, 0.15) is 12.4 Å². The van der Waals surface area contributed by atoms with Crippen LogP contribution in [0.2, 0.25) is 0 Å². The Balaban J connectivity index is 2.33. The normalized spacial score (nSPS) is 12.0. The van der Waals surface area contributed by atoms with Gasteiger partial charge in [-0.2, -0.15) is 0 Å². The summed E-state index contributed by atoms with van der Waals surface area (Å²) in [4.78, 5) is 11.7. The molecule has 6 nitrogen and oxygen atoms in total. The molecule has 0 bridgehead atoms. The van der Waals surface area contributed by atoms with Crippen LogP contribution in [-0.2, 0) is 20.8 Å². The molecule has 0 radical (unpaired) electrons. The molecule has 0 aromatic heterocycles. The molecule has 0 spiro atoms. The molecule has 0 aliphatic carbocycles. The highest BCUT2D eigenvalue weighted by Crippen LogP contribution is 2.12. The molecule has 118 valence electrons. The van der Waals surface area contributed by atoms with Crippen molar-refractivity contribution in [2.24, 2.45) is 5.73 Å². The maximum Gasteiger partial charge on any atom is 0.222 e. The summed E-state index contributed by atoms with van der Waals surface area (Å²) in [5, 5.41) is 2.83. The van der Waals surface area contributed by atoms with Gasteiger partial charge in [-0.3, -0.25) is 4.79 Å². The number of benzene rings is 1. The fourth-order valence-corrected chi connectivity index (χ4v) is 1.69. The predicted octanol–water partition coefficient (Wildman–Crippen LogP) is 0.692. The minimum atomic E-state index is -0.235. The van der Waals surface area contributed by atoms with Gasteiger partial charge in [-0.25, -0.2) is 0 Å². The Bertz CT molecular complexity index is 405. The van der Waals surface area contributed by atoms with E-state index in [2.05, 4.69) is 5.32 Å². The summed E-state index contributed by atoms with van der Waals surface area (Å²) >= 11 is 0. The Morgan fingerprint density at radius 2 is 1.95 bits per heavy atom. The maximum absolute atomic E-state index is 11.7. The van der Waals surface area contributed by atoms with Crippen LogP contribution in [0, 0.1) is 0 Å². The van der Waals surface area contributed by atoms with Crippen LogP contribution in [-0.4, -0.2) is 46.0 Å². The highest BCUT2D eigenvalue weighted by Gasteiger charge is 2.10. The summed E-state index contributed by atoms with van der Waals surface area (Å²) in [5.74, 6) is 0.706. The third-order valence-corrected chi connectivity index (χ3v) is 2.98. The minimum Gasteiger partial charge on any atom is -0.491 e. The second kappa shape index (κ2) is 10.1. The number of hydrogen-bond acceptors (Lipinski definition) is 5. The fraction of sp³-hybridized carbons (Fsp3) is 0.533. The Hall–Kier alpha value is -1.63. The first-order valence-electron chi connectivity index (χ1n) is 6.89. The van der Waals surface area contributed by atoms with Crippen LogP contribution in [0.15, 0.2) is 24.3 Å². The van der Waals surface area contributed by atoms with Gasteiger partial charge in [0.25, 0.3) is 0 Å². The van der Waals surface area contributed by atoms with E-state index < -0.39 is 0 Å². The topological polar surface area (TPSA) is 82.8 Å². The van der Waals surface area contributed by atoms with Gasteiger partial charge in [-0.1, -0.05) is 12.1 Å². The summed E-state index contributed by atoms with van der Waals surface area (Å²) in [7, 11) is 3.18. The number of rotatable bonds is 10. The van der Waals surface area contributed by atoms with Crippen molar-refractivity contribution in [2.75, 3.05) is 34.0 Å². The Morgan fingerprint density at radius 1 is 1.24 bits per heavy atom. The number of ether oxygens (including phenoxy) is 3. The van der Waals surface area contributed by atoms with Gasteiger partial charge in [0.05, 0.1) is 19.1 Å². The molecule has 1 aromatic carbocycles. The molecule has 1 amide bonds. The zero-order chi connectivity index (χ0) is 15.5. The quantitative estimate of drug-likeness (QED) is 0.621. The molecule has 0 aliphatic heterocycles. The SMILES string of the molecule is COCCOc1ccc(CNC(=O)CC(CN)OC)cc1. The van der Waals surface area contributed by atoms with Crippen LogP contribution in [0.3, 0.4) is 0 Å². The molecule has 6 heteroatoms. The zero-order valence-electron chi connectivity index (χ0n) is 12.6. The minimum absolute atomic E-state index is 0.0762. The number of amides is 1. The van der Waals surface area contributed by atoms with Crippen LogP contribution >= 0.6 is 0 Å². The molecule has 3 N–H and O–H groups in total. The zero-order valence-corrected chi connectivity index (χ0v) is 12.6. The Labute approximate surface area is 125 Å². The smallest absolute Gasteiger partial charge is 0.222 e. The number of nitrogens with one attached hydrogen (secondary N) is 1. The number of nitrogens with two attached hydrogens (primary N) is 1. The van der Waals surface area contributed by atoms with E-state index in [-0.39, 0.29) is 18.4 Å². The Morgan fingerprint density at radius 3 is 2.52 bits per heavy atom. The molecular weight excluding hydrogens is 272 g/mol. The molecule has 21 heavy (non-hydrogen) atoms. The molecule has 0 heterocycles. The highest BCUT2D eigenvalue weighted by molar-refractivity contribution is 5.76. The first kappa shape index (κ1) is 17.4. The van der Waals surface area contributed by atoms with Crippen LogP contribution in [0.25, 0.3) is 0 Å². The fourth-order valence-electron chi connectivity index (χ4n) is 1.69. The van der Waals surface area contributed by atoms with E-state index in [1.807, 2.05) is 24.3 Å². The summed E-state index contributed by atoms with van der Waals surface area (Å²) in [6.07, 6.45) is 0.0344. The first-order chi connectivity index (χ1) is 10.2. The highest BCUT2D eigenvalue weighted by atomic mass is 16.5. The van der Waals surface area contributed by atoms with Crippen molar-refractivity contribution in [2.45, 2.75) is 19.1 Å². The van der Waals surface area contributed by atoms with E-state index in [1.165, 1.54) is 0 Å². The summed E-state index contributed by atoms with van der Waals surface area (Å²) < 4.78 is 15.4. The van der Waals surface area contributed by atoms with Gasteiger partial charge < -0.3 is 25.3 Å². The molecular formula is C15H24N2O4. The number of carbonyl (C=O) groups is 1. The molecule has 0 fully saturated rings. The third-order valence-electron chi connectivity index (χ3n) is 2.98. The first-order valence-corrected chi connectivity index (χ1v) is 6.89. The monoisotopic (exact) mass is 296 g/mol. The molecule has 0 aliphatic rings. The van der Waals surface area contributed by atoms with Crippen molar-refractivity contribution in [1.29, 1.82) is 0 Å². The van der Waals surface area contributed by atoms with E-state index in [4.69, 9.17) is 19.9 Å². The summed E-state index contributed by atoms with van der Waals surface area (Å²) in [6.45, 7) is 1.87. The van der Waals surface area contributed by atoms with Crippen molar-refractivity contribution in [3.05, 3.63) is 29.8 Å². The standard InChI is InChI=1S/C15H24N2O4/c1-19-7-8-21-13-5-3-12(4-6-13)11-17-15(18)9-14(10-16)20-2/h3-6,14H,7-11,16H2,1-2H3,(H,17,18). The average Bonchev–Trinajstić information content (AvgIpc) is 2.52. The number of hydrogen-bond donors (Lipinski definition) is 2. The Kier molecular flexibility index (Phi) is 8.42. The summed E-state index contributed by atoms with van der Waals surface area (Å²) in [5.41, 5.74) is 6.48. The van der Waals surface area contributed by atoms with E-state index in [1.54, 1.807) is 14.2 Å². The molecule has 1 aromatic rings. The van der Waals surface area contributed by atoms with Crippen molar-refractivity contribution >= 4 is 5.91 Å². The van der Waals surface area contributed by atoms with Crippen LogP contribution in [0.4, 0.5) is 0 Å². The van der Waals surface area contributed by atoms with Crippen LogP contribution < -0.4 is 15.8 Å². The van der Waals surface area contributed by atoms with Gasteiger partial charge in [0.15, 0.2) is 0 Å². The van der Waals surface area contributed by atoms with Gasteiger partial charge in [0.2, 0.25) is 5.91 Å². The molecule has 0 saturated carbocycles.